The average molecular weight is 783 g/mol. The minimum Gasteiger partial charge on any atom is -0.455 e. The van der Waals surface area contributed by atoms with E-state index in [0.29, 0.717) is 0 Å². The molecule has 0 radical (unpaired) electrons. The Morgan fingerprint density at radius 2 is 1.16 bits per heavy atom. The van der Waals surface area contributed by atoms with Crippen LogP contribution in [0.5, 0.6) is 0 Å². The van der Waals surface area contributed by atoms with Gasteiger partial charge in [0, 0.05) is 68.5 Å². The Balaban J connectivity index is 1.16. The average Bonchev–Trinajstić information content (AvgIpc) is 4.02. The van der Waals surface area contributed by atoms with Crippen molar-refractivity contribution in [3.05, 3.63) is 157 Å². The van der Waals surface area contributed by atoms with Crippen LogP contribution in [0.4, 0.5) is 0 Å². The summed E-state index contributed by atoms with van der Waals surface area (Å²) in [6, 6.07) is 49.2. The fraction of sp³-hybridized carbons (Fsp3) is 0.0741. The molecule has 0 bridgehead atoms. The maximum atomic E-state index is 6.95. The molecule has 2 unspecified atom stereocenters. The SMILES string of the molecule is C=C/C=c1/c(-c2cc3c(c4c2oc2ccccc24)-c2ccc4c5c2S3(CC)CS5(C)c2cc(-c3cccc5ccccc35)c3oc5ccccc5c3c2-4)cccc1=C. The molecule has 0 amide bonds. The van der Waals surface area contributed by atoms with Crippen LogP contribution in [-0.2, 0) is 0 Å². The highest BCUT2D eigenvalue weighted by Gasteiger charge is 2.56. The summed E-state index contributed by atoms with van der Waals surface area (Å²) in [7, 11) is -2.92. The Bertz CT molecular complexity index is 3660. The molecule has 8 aromatic carbocycles. The second-order valence-corrected chi connectivity index (χ2v) is 23.4. The van der Waals surface area contributed by atoms with Gasteiger partial charge in [0.1, 0.15) is 22.3 Å². The van der Waals surface area contributed by atoms with E-state index in [1.54, 1.807) is 9.79 Å². The molecule has 58 heavy (non-hydrogen) atoms. The molecule has 2 atom stereocenters. The third-order valence-corrected chi connectivity index (χ3v) is 23.0. The standard InChI is InChI=1S/C54H38O2S2/c1-5-15-33-31(3)16-13-22-35(33)42-29-46-48(50-38-21-10-12-25-44(38)56-52(42)50)40-27-26-39-47-45(57(4)30-58(46,6-2)54(40)53(39)57)28-41(36-23-14-18-32-17-7-8-19-34(32)36)51-49(47)37-20-9-11-24-43(37)55-51/h5,7-29H,1,3,6,30H2,2,4H3/b33-15+. The first-order valence-electron chi connectivity index (χ1n) is 20.0. The van der Waals surface area contributed by atoms with Gasteiger partial charge in [0.25, 0.3) is 0 Å². The van der Waals surface area contributed by atoms with Crippen molar-refractivity contribution >= 4 is 87.4 Å². The van der Waals surface area contributed by atoms with Crippen LogP contribution >= 0.6 is 20.1 Å². The molecule has 3 aliphatic rings. The molecule has 13 rings (SSSR count). The van der Waals surface area contributed by atoms with Crippen molar-refractivity contribution < 1.29 is 8.83 Å². The number of para-hydroxylation sites is 2. The Hall–Kier alpha value is -6.20. The van der Waals surface area contributed by atoms with Crippen LogP contribution in [0.3, 0.4) is 0 Å². The van der Waals surface area contributed by atoms with E-state index in [-0.39, 0.29) is 0 Å². The van der Waals surface area contributed by atoms with Gasteiger partial charge in [-0.2, -0.15) is 20.1 Å². The monoisotopic (exact) mass is 782 g/mol. The second kappa shape index (κ2) is 11.3. The first kappa shape index (κ1) is 32.8. The third-order valence-electron chi connectivity index (χ3n) is 13.4. The fourth-order valence-electron chi connectivity index (χ4n) is 11.0. The molecule has 2 aromatic heterocycles. The zero-order valence-corrected chi connectivity index (χ0v) is 34.0. The molecule has 0 aliphatic carbocycles. The Morgan fingerprint density at radius 3 is 1.86 bits per heavy atom. The lowest BCUT2D eigenvalue weighted by atomic mass is 9.91. The molecule has 0 saturated carbocycles. The first-order chi connectivity index (χ1) is 28.4. The van der Waals surface area contributed by atoms with E-state index >= 15 is 0 Å². The van der Waals surface area contributed by atoms with Crippen molar-refractivity contribution in [1.29, 1.82) is 0 Å². The minimum absolute atomic E-state index is 0.925. The second-order valence-electron chi connectivity index (χ2n) is 16.2. The van der Waals surface area contributed by atoms with Crippen LogP contribution < -0.4 is 10.4 Å². The van der Waals surface area contributed by atoms with E-state index in [1.165, 1.54) is 75.5 Å². The lowest BCUT2D eigenvalue weighted by Crippen LogP contribution is -2.24. The summed E-state index contributed by atoms with van der Waals surface area (Å²) in [6.45, 7) is 11.0. The fourth-order valence-corrected chi connectivity index (χ4v) is 23.1. The van der Waals surface area contributed by atoms with Crippen LogP contribution in [0.1, 0.15) is 6.92 Å². The van der Waals surface area contributed by atoms with Crippen LogP contribution in [-0.4, -0.2) is 17.1 Å². The number of benzene rings is 8. The summed E-state index contributed by atoms with van der Waals surface area (Å²) in [5, 5.41) is 10.6. The first-order valence-corrected chi connectivity index (χ1v) is 24.2. The molecule has 278 valence electrons. The van der Waals surface area contributed by atoms with Gasteiger partial charge in [-0.05, 0) is 79.7 Å². The van der Waals surface area contributed by atoms with Crippen molar-refractivity contribution in [3.63, 3.8) is 0 Å². The number of allylic oxidation sites excluding steroid dienone is 1. The molecule has 3 aliphatic heterocycles. The smallest absolute Gasteiger partial charge is 0.143 e. The lowest BCUT2D eigenvalue weighted by Gasteiger charge is -2.39. The van der Waals surface area contributed by atoms with E-state index in [2.05, 4.69) is 166 Å². The number of furan rings is 2. The van der Waals surface area contributed by atoms with Crippen molar-refractivity contribution in [2.45, 2.75) is 26.5 Å². The van der Waals surface area contributed by atoms with E-state index in [1.807, 2.05) is 6.08 Å². The van der Waals surface area contributed by atoms with Crippen LogP contribution in [0.25, 0.3) is 112 Å². The molecule has 0 fully saturated rings. The quantitative estimate of drug-likeness (QED) is 0.178. The molecule has 5 heterocycles. The summed E-state index contributed by atoms with van der Waals surface area (Å²) in [5.41, 5.74) is 14.1. The van der Waals surface area contributed by atoms with Gasteiger partial charge >= 0.3 is 0 Å². The van der Waals surface area contributed by atoms with Crippen LogP contribution in [0.2, 0.25) is 0 Å². The van der Waals surface area contributed by atoms with Gasteiger partial charge in [-0.15, -0.1) is 0 Å². The Kier molecular flexibility index (Phi) is 6.37. The molecular weight excluding hydrogens is 745 g/mol. The molecule has 2 nitrogen and oxygen atoms in total. The summed E-state index contributed by atoms with van der Waals surface area (Å²) in [6.07, 6.45) is 6.61. The Labute approximate surface area is 339 Å². The van der Waals surface area contributed by atoms with Gasteiger partial charge < -0.3 is 8.83 Å². The predicted octanol–water partition coefficient (Wildman–Crippen LogP) is 14.4. The van der Waals surface area contributed by atoms with Gasteiger partial charge in [0.15, 0.2) is 0 Å². The van der Waals surface area contributed by atoms with Gasteiger partial charge in [0.05, 0.1) is 0 Å². The largest absolute Gasteiger partial charge is 0.455 e. The van der Waals surface area contributed by atoms with Crippen LogP contribution in [0.15, 0.2) is 175 Å². The van der Waals surface area contributed by atoms with Crippen LogP contribution in [0, 0.1) is 0 Å². The summed E-state index contributed by atoms with van der Waals surface area (Å²) in [5.74, 6) is 1.09. The summed E-state index contributed by atoms with van der Waals surface area (Å²) >= 11 is 0. The van der Waals surface area contributed by atoms with E-state index in [0.717, 1.165) is 54.7 Å². The highest BCUT2D eigenvalue weighted by molar-refractivity contribution is 8.51. The van der Waals surface area contributed by atoms with Gasteiger partial charge in [-0.25, -0.2) is 0 Å². The number of rotatable bonds is 4. The molecule has 10 aromatic rings. The van der Waals surface area contributed by atoms with Gasteiger partial charge in [-0.3, -0.25) is 0 Å². The maximum absolute atomic E-state index is 6.95. The van der Waals surface area contributed by atoms with Crippen molar-refractivity contribution in [1.82, 2.24) is 0 Å². The van der Waals surface area contributed by atoms with E-state index in [9.17, 15) is 0 Å². The summed E-state index contributed by atoms with van der Waals surface area (Å²) in [4.78, 5) is 6.26. The van der Waals surface area contributed by atoms with Crippen molar-refractivity contribution in [2.24, 2.45) is 0 Å². The molecule has 4 heteroatoms. The zero-order valence-electron chi connectivity index (χ0n) is 32.3. The Morgan fingerprint density at radius 1 is 0.586 bits per heavy atom. The predicted molar refractivity (Wildman–Crippen MR) is 249 cm³/mol. The topological polar surface area (TPSA) is 26.3 Å². The summed E-state index contributed by atoms with van der Waals surface area (Å²) < 4.78 is 13.9. The molecule has 0 spiro atoms. The highest BCUT2D eigenvalue weighted by Crippen LogP contribution is 2.91. The minimum atomic E-state index is -1.46. The highest BCUT2D eigenvalue weighted by atomic mass is 32.3. The van der Waals surface area contributed by atoms with Crippen molar-refractivity contribution in [2.75, 3.05) is 17.1 Å². The maximum Gasteiger partial charge on any atom is 0.143 e. The molecule has 0 N–H and O–H groups in total. The lowest BCUT2D eigenvalue weighted by molar-refractivity contribution is 0.669. The van der Waals surface area contributed by atoms with Crippen molar-refractivity contribution in [3.8, 4) is 44.5 Å². The normalized spacial score (nSPS) is 21.1. The molecular formula is C54H38O2S2. The third kappa shape index (κ3) is 3.84. The number of hydrogen-bond acceptors (Lipinski definition) is 2. The van der Waals surface area contributed by atoms with Gasteiger partial charge in [-0.1, -0.05) is 141 Å². The molecule has 0 saturated heterocycles. The van der Waals surface area contributed by atoms with E-state index in [4.69, 9.17) is 8.83 Å². The number of hydrogen-bond donors (Lipinski definition) is 0. The zero-order chi connectivity index (χ0) is 38.7. The number of fused-ring (bicyclic) bond motifs is 15. The van der Waals surface area contributed by atoms with Gasteiger partial charge in [0.2, 0.25) is 0 Å². The van der Waals surface area contributed by atoms with E-state index < -0.39 is 20.1 Å².